The number of hydrogen-bond acceptors (Lipinski definition) is 3. The smallest absolute Gasteiger partial charge is 0.379 e. The summed E-state index contributed by atoms with van der Waals surface area (Å²) < 4.78 is 38.9. The number of nitriles is 1. The Morgan fingerprint density at radius 3 is 2.61 bits per heavy atom. The van der Waals surface area contributed by atoms with Crippen LogP contribution in [-0.4, -0.2) is 11.3 Å². The second kappa shape index (κ2) is 4.53. The van der Waals surface area contributed by atoms with E-state index in [2.05, 4.69) is 15.9 Å². The van der Waals surface area contributed by atoms with E-state index in [0.29, 0.717) is 9.17 Å². The number of fused-ring (bicyclic) bond motifs is 1. The Kier molecular flexibility index (Phi) is 3.36. The minimum absolute atomic E-state index is 0.123. The van der Waals surface area contributed by atoms with Gasteiger partial charge in [-0.15, -0.1) is 11.3 Å². The van der Waals surface area contributed by atoms with Gasteiger partial charge in [-0.3, -0.25) is 0 Å². The molecule has 0 bridgehead atoms. The van der Waals surface area contributed by atoms with Gasteiger partial charge in [-0.2, -0.15) is 18.4 Å². The topological polar surface area (TPSA) is 44.0 Å². The minimum Gasteiger partial charge on any atom is -0.379 e. The van der Waals surface area contributed by atoms with Gasteiger partial charge in [-0.05, 0) is 22.0 Å². The highest BCUT2D eigenvalue weighted by atomic mass is 79.9. The molecule has 94 valence electrons. The van der Waals surface area contributed by atoms with Gasteiger partial charge in [-0.1, -0.05) is 12.1 Å². The summed E-state index contributed by atoms with van der Waals surface area (Å²) in [5.41, 5.74) is -0.369. The summed E-state index contributed by atoms with van der Waals surface area (Å²) in [6.45, 7) is 0. The second-order valence-electron chi connectivity index (χ2n) is 3.52. The lowest BCUT2D eigenvalue weighted by molar-refractivity contribution is -0.206. The van der Waals surface area contributed by atoms with Crippen LogP contribution < -0.4 is 0 Å². The Morgan fingerprint density at radius 2 is 2.06 bits per heavy atom. The predicted molar refractivity (Wildman–Crippen MR) is 65.3 cm³/mol. The first-order valence-corrected chi connectivity index (χ1v) is 6.33. The number of hydrogen-bond donors (Lipinski definition) is 1. The highest BCUT2D eigenvalue weighted by molar-refractivity contribution is 9.10. The number of aliphatic hydroxyl groups is 1. The van der Waals surface area contributed by atoms with E-state index in [4.69, 9.17) is 5.26 Å². The van der Waals surface area contributed by atoms with E-state index in [1.54, 1.807) is 18.2 Å². The van der Waals surface area contributed by atoms with Gasteiger partial charge in [0.05, 0.1) is 4.70 Å². The zero-order chi connectivity index (χ0) is 13.5. The van der Waals surface area contributed by atoms with Crippen molar-refractivity contribution in [1.29, 1.82) is 5.26 Å². The largest absolute Gasteiger partial charge is 0.418 e. The number of aliphatic hydroxyl groups excluding tert-OH is 1. The lowest BCUT2D eigenvalue weighted by Gasteiger charge is -2.14. The van der Waals surface area contributed by atoms with Crippen molar-refractivity contribution in [3.05, 3.63) is 33.1 Å². The van der Waals surface area contributed by atoms with Crippen LogP contribution in [0, 0.1) is 11.3 Å². The maximum atomic E-state index is 12.6. The molecular weight excluding hydrogens is 331 g/mol. The first kappa shape index (κ1) is 13.3. The Balaban J connectivity index is 2.77. The van der Waals surface area contributed by atoms with Gasteiger partial charge in [0.1, 0.15) is 10.9 Å². The SMILES string of the molecule is N#Cc1sc2c(Br)cccc2c1C(O)C(F)(F)F. The summed E-state index contributed by atoms with van der Waals surface area (Å²) in [6.07, 6.45) is -7.43. The third-order valence-electron chi connectivity index (χ3n) is 2.39. The molecular formula is C11H5BrF3NOS. The van der Waals surface area contributed by atoms with Crippen LogP contribution in [0.3, 0.4) is 0 Å². The summed E-state index contributed by atoms with van der Waals surface area (Å²) in [5.74, 6) is 0. The number of nitrogens with zero attached hydrogens (tertiary/aromatic N) is 1. The second-order valence-corrected chi connectivity index (χ2v) is 5.39. The van der Waals surface area contributed by atoms with Crippen LogP contribution in [0.25, 0.3) is 10.1 Å². The maximum Gasteiger partial charge on any atom is 0.418 e. The van der Waals surface area contributed by atoms with Crippen molar-refractivity contribution in [3.8, 4) is 6.07 Å². The van der Waals surface area contributed by atoms with Gasteiger partial charge in [0.25, 0.3) is 0 Å². The fourth-order valence-electron chi connectivity index (χ4n) is 1.62. The molecule has 0 aliphatic rings. The van der Waals surface area contributed by atoms with Gasteiger partial charge in [0.2, 0.25) is 0 Å². The van der Waals surface area contributed by atoms with Crippen molar-refractivity contribution in [1.82, 2.24) is 0 Å². The van der Waals surface area contributed by atoms with Gasteiger partial charge >= 0.3 is 6.18 Å². The molecule has 1 atom stereocenters. The zero-order valence-corrected chi connectivity index (χ0v) is 11.0. The van der Waals surface area contributed by atoms with Gasteiger partial charge in [-0.25, -0.2) is 0 Å². The third kappa shape index (κ3) is 2.11. The normalized spacial score (nSPS) is 13.6. The molecule has 0 amide bonds. The molecule has 0 aliphatic carbocycles. The van der Waals surface area contributed by atoms with Gasteiger partial charge in [0.15, 0.2) is 6.10 Å². The molecule has 0 spiro atoms. The van der Waals surface area contributed by atoms with Gasteiger partial charge < -0.3 is 5.11 Å². The standard InChI is InChI=1S/C11H5BrF3NOS/c12-6-3-1-2-5-8(10(17)11(13,14)15)7(4-16)18-9(5)6/h1-3,10,17H. The van der Waals surface area contributed by atoms with E-state index >= 15 is 0 Å². The zero-order valence-electron chi connectivity index (χ0n) is 8.62. The van der Waals surface area contributed by atoms with Crippen LogP contribution in [0.5, 0.6) is 0 Å². The number of rotatable bonds is 1. The molecule has 0 saturated carbocycles. The number of halogens is 4. The molecule has 0 fully saturated rings. The predicted octanol–water partition coefficient (Wildman–Crippen LogP) is 4.13. The first-order valence-electron chi connectivity index (χ1n) is 4.72. The first-order chi connectivity index (χ1) is 8.36. The van der Waals surface area contributed by atoms with Crippen molar-refractivity contribution < 1.29 is 18.3 Å². The molecule has 1 aromatic carbocycles. The van der Waals surface area contributed by atoms with Crippen LogP contribution in [0.1, 0.15) is 16.5 Å². The Hall–Kier alpha value is -1.10. The van der Waals surface area contributed by atoms with E-state index in [0.717, 1.165) is 11.3 Å². The van der Waals surface area contributed by atoms with Crippen molar-refractivity contribution in [2.24, 2.45) is 0 Å². The average Bonchev–Trinajstić information content (AvgIpc) is 2.66. The molecule has 7 heteroatoms. The lowest BCUT2D eigenvalue weighted by atomic mass is 10.1. The van der Waals surface area contributed by atoms with E-state index in [1.165, 1.54) is 6.07 Å². The number of benzene rings is 1. The van der Waals surface area contributed by atoms with Crippen LogP contribution in [0.2, 0.25) is 0 Å². The summed E-state index contributed by atoms with van der Waals surface area (Å²) in [7, 11) is 0. The fourth-order valence-corrected chi connectivity index (χ4v) is 3.27. The third-order valence-corrected chi connectivity index (χ3v) is 4.47. The fraction of sp³-hybridized carbons (Fsp3) is 0.182. The lowest BCUT2D eigenvalue weighted by Crippen LogP contribution is -2.20. The minimum atomic E-state index is -4.79. The maximum absolute atomic E-state index is 12.6. The summed E-state index contributed by atoms with van der Waals surface area (Å²) in [6, 6.07) is 6.40. The Bertz CT molecular complexity index is 644. The number of thiophene rings is 1. The highest BCUT2D eigenvalue weighted by Crippen LogP contribution is 2.43. The van der Waals surface area contributed by atoms with Gasteiger partial charge in [0, 0.05) is 15.4 Å². The molecule has 1 heterocycles. The van der Waals surface area contributed by atoms with E-state index in [9.17, 15) is 18.3 Å². The molecule has 2 rings (SSSR count). The Morgan fingerprint density at radius 1 is 1.39 bits per heavy atom. The molecule has 1 N–H and O–H groups in total. The van der Waals surface area contributed by atoms with Crippen molar-refractivity contribution in [3.63, 3.8) is 0 Å². The van der Waals surface area contributed by atoms with Crippen LogP contribution in [0.4, 0.5) is 13.2 Å². The van der Waals surface area contributed by atoms with E-state index in [1.807, 2.05) is 0 Å². The molecule has 1 unspecified atom stereocenters. The Labute approximate surface area is 112 Å². The van der Waals surface area contributed by atoms with Crippen LogP contribution >= 0.6 is 27.3 Å². The van der Waals surface area contributed by atoms with Crippen molar-refractivity contribution >= 4 is 37.4 Å². The molecule has 0 radical (unpaired) electrons. The molecule has 0 aliphatic heterocycles. The van der Waals surface area contributed by atoms with Crippen LogP contribution in [-0.2, 0) is 0 Å². The van der Waals surface area contributed by atoms with E-state index < -0.39 is 12.3 Å². The molecule has 0 saturated heterocycles. The van der Waals surface area contributed by atoms with Crippen molar-refractivity contribution in [2.45, 2.75) is 12.3 Å². The average molecular weight is 336 g/mol. The quantitative estimate of drug-likeness (QED) is 0.851. The monoisotopic (exact) mass is 335 g/mol. The summed E-state index contributed by atoms with van der Waals surface area (Å²) >= 11 is 4.14. The molecule has 18 heavy (non-hydrogen) atoms. The molecule has 2 nitrogen and oxygen atoms in total. The number of alkyl halides is 3. The highest BCUT2D eigenvalue weighted by Gasteiger charge is 2.42. The van der Waals surface area contributed by atoms with E-state index in [-0.39, 0.29) is 15.8 Å². The van der Waals surface area contributed by atoms with Crippen molar-refractivity contribution in [2.75, 3.05) is 0 Å². The molecule has 2 aromatic rings. The summed E-state index contributed by atoms with van der Waals surface area (Å²) in [4.78, 5) is -0.123. The van der Waals surface area contributed by atoms with Crippen LogP contribution in [0.15, 0.2) is 22.7 Å². The molecule has 1 aromatic heterocycles. The summed E-state index contributed by atoms with van der Waals surface area (Å²) in [5, 5.41) is 18.5.